The van der Waals surface area contributed by atoms with Crippen molar-refractivity contribution in [1.82, 2.24) is 20.3 Å². The van der Waals surface area contributed by atoms with Gasteiger partial charge in [0.25, 0.3) is 0 Å². The number of piperazine rings is 1. The molecule has 158 valence electrons. The summed E-state index contributed by atoms with van der Waals surface area (Å²) < 4.78 is 0. The highest BCUT2D eigenvalue weighted by Gasteiger charge is 2.15. The van der Waals surface area contributed by atoms with Crippen LogP contribution in [-0.2, 0) is 0 Å². The van der Waals surface area contributed by atoms with Crippen LogP contribution in [0, 0.1) is 27.7 Å². The molecule has 0 radical (unpaired) electrons. The van der Waals surface area contributed by atoms with Gasteiger partial charge in [0.1, 0.15) is 5.82 Å². The van der Waals surface area contributed by atoms with E-state index in [1.165, 1.54) is 38.9 Å². The molecule has 2 N–H and O–H groups in total. The van der Waals surface area contributed by atoms with E-state index in [1.54, 1.807) is 0 Å². The Balaban J connectivity index is 1.53. The molecule has 31 heavy (non-hydrogen) atoms. The van der Waals surface area contributed by atoms with Crippen molar-refractivity contribution in [2.45, 2.75) is 27.7 Å². The third kappa shape index (κ3) is 3.70. The Morgan fingerprint density at radius 3 is 2.32 bits per heavy atom. The lowest BCUT2D eigenvalue weighted by molar-refractivity contribution is 0.585. The molecule has 5 nitrogen and oxygen atoms in total. The van der Waals surface area contributed by atoms with Crippen LogP contribution in [0.15, 0.2) is 42.6 Å². The van der Waals surface area contributed by atoms with Crippen LogP contribution in [0.1, 0.15) is 22.5 Å². The number of pyridine rings is 2. The van der Waals surface area contributed by atoms with Gasteiger partial charge in [-0.3, -0.25) is 4.98 Å². The SMILES string of the molecule is Cc1cc(-c2[nH]c3cc(-c4cnc(N5CCNCC5)cc4C)ccc3c2C)cc(C)n1. The molecule has 0 amide bonds. The normalized spacial score (nSPS) is 14.4. The second kappa shape index (κ2) is 7.82. The molecule has 0 saturated carbocycles. The number of H-pyrrole nitrogens is 1. The molecular formula is C26H29N5. The summed E-state index contributed by atoms with van der Waals surface area (Å²) >= 11 is 0. The topological polar surface area (TPSA) is 56.8 Å². The van der Waals surface area contributed by atoms with Gasteiger partial charge in [0.2, 0.25) is 0 Å². The van der Waals surface area contributed by atoms with E-state index in [2.05, 4.69) is 70.4 Å². The van der Waals surface area contributed by atoms with Gasteiger partial charge in [0.15, 0.2) is 0 Å². The maximum absolute atomic E-state index is 4.79. The Morgan fingerprint density at radius 1 is 0.871 bits per heavy atom. The third-order valence-electron chi connectivity index (χ3n) is 6.28. The van der Waals surface area contributed by atoms with Gasteiger partial charge in [-0.2, -0.15) is 0 Å². The number of hydrogen-bond acceptors (Lipinski definition) is 4. The van der Waals surface area contributed by atoms with Gasteiger partial charge in [0, 0.05) is 71.5 Å². The van der Waals surface area contributed by atoms with Crippen LogP contribution in [0.5, 0.6) is 0 Å². The first-order valence-electron chi connectivity index (χ1n) is 11.0. The van der Waals surface area contributed by atoms with Crippen molar-refractivity contribution in [3.05, 3.63) is 65.1 Å². The molecule has 4 aromatic rings. The molecule has 0 aliphatic carbocycles. The average molecular weight is 412 g/mol. The first-order chi connectivity index (χ1) is 15.0. The highest BCUT2D eigenvalue weighted by molar-refractivity contribution is 5.93. The van der Waals surface area contributed by atoms with Gasteiger partial charge in [-0.25, -0.2) is 4.98 Å². The van der Waals surface area contributed by atoms with Crippen LogP contribution in [0.25, 0.3) is 33.3 Å². The number of aromatic amines is 1. The lowest BCUT2D eigenvalue weighted by Gasteiger charge is -2.28. The second-order valence-electron chi connectivity index (χ2n) is 8.62. The molecule has 0 bridgehead atoms. The maximum atomic E-state index is 4.79. The molecule has 5 heteroatoms. The number of nitrogens with zero attached hydrogens (tertiary/aromatic N) is 3. The molecule has 1 fully saturated rings. The summed E-state index contributed by atoms with van der Waals surface area (Å²) in [7, 11) is 0. The van der Waals surface area contributed by atoms with Crippen LogP contribution < -0.4 is 10.2 Å². The number of benzene rings is 1. The van der Waals surface area contributed by atoms with Gasteiger partial charge in [-0.15, -0.1) is 0 Å². The molecule has 0 atom stereocenters. The summed E-state index contributed by atoms with van der Waals surface area (Å²) in [4.78, 5) is 15.3. The Hall–Kier alpha value is -3.18. The quantitative estimate of drug-likeness (QED) is 0.502. The fourth-order valence-electron chi connectivity index (χ4n) is 4.68. The second-order valence-corrected chi connectivity index (χ2v) is 8.62. The van der Waals surface area contributed by atoms with Gasteiger partial charge in [0.05, 0.1) is 0 Å². The van der Waals surface area contributed by atoms with E-state index in [4.69, 9.17) is 4.98 Å². The molecule has 5 rings (SSSR count). The van der Waals surface area contributed by atoms with E-state index in [0.29, 0.717) is 0 Å². The van der Waals surface area contributed by atoms with Gasteiger partial charge in [-0.1, -0.05) is 12.1 Å². The van der Waals surface area contributed by atoms with Crippen molar-refractivity contribution in [2.24, 2.45) is 0 Å². The molecule has 1 aliphatic heterocycles. The lowest BCUT2D eigenvalue weighted by Crippen LogP contribution is -2.43. The van der Waals surface area contributed by atoms with E-state index in [9.17, 15) is 0 Å². The predicted molar refractivity (Wildman–Crippen MR) is 129 cm³/mol. The standard InChI is InChI=1S/C26H29N5/c1-16-11-25(31-9-7-27-8-10-31)28-15-23(16)20-5-6-22-19(4)26(30-24(22)14-20)21-12-17(2)29-18(3)13-21/h5-6,11-15,27,30H,7-10H2,1-4H3. The van der Waals surface area contributed by atoms with E-state index in [1.807, 2.05) is 20.0 Å². The van der Waals surface area contributed by atoms with Gasteiger partial charge in [-0.05, 0) is 68.7 Å². The number of anilines is 1. The number of nitrogens with one attached hydrogen (secondary N) is 2. The molecule has 4 heterocycles. The van der Waals surface area contributed by atoms with Crippen LogP contribution in [0.4, 0.5) is 5.82 Å². The average Bonchev–Trinajstić information content (AvgIpc) is 3.09. The molecule has 1 aliphatic rings. The minimum Gasteiger partial charge on any atom is -0.354 e. The van der Waals surface area contributed by atoms with Crippen molar-refractivity contribution in [1.29, 1.82) is 0 Å². The summed E-state index contributed by atoms with van der Waals surface area (Å²) in [6.45, 7) is 12.5. The highest BCUT2D eigenvalue weighted by atomic mass is 15.2. The summed E-state index contributed by atoms with van der Waals surface area (Å²) in [6, 6.07) is 13.2. The Labute approximate surface area is 183 Å². The molecular weight excluding hydrogens is 382 g/mol. The number of aromatic nitrogens is 3. The van der Waals surface area contributed by atoms with Crippen molar-refractivity contribution < 1.29 is 0 Å². The van der Waals surface area contributed by atoms with Crippen LogP contribution in [-0.4, -0.2) is 41.1 Å². The van der Waals surface area contributed by atoms with E-state index in [-0.39, 0.29) is 0 Å². The highest BCUT2D eigenvalue weighted by Crippen LogP contribution is 2.34. The van der Waals surface area contributed by atoms with Crippen LogP contribution >= 0.6 is 0 Å². The van der Waals surface area contributed by atoms with Crippen molar-refractivity contribution in [2.75, 3.05) is 31.1 Å². The number of rotatable bonds is 3. The van der Waals surface area contributed by atoms with Gasteiger partial charge < -0.3 is 15.2 Å². The van der Waals surface area contributed by atoms with Crippen molar-refractivity contribution >= 4 is 16.7 Å². The van der Waals surface area contributed by atoms with Crippen LogP contribution in [0.2, 0.25) is 0 Å². The number of hydrogen-bond donors (Lipinski definition) is 2. The zero-order chi connectivity index (χ0) is 21.5. The minimum atomic E-state index is 1.01. The van der Waals surface area contributed by atoms with Crippen LogP contribution in [0.3, 0.4) is 0 Å². The summed E-state index contributed by atoms with van der Waals surface area (Å²) in [6.07, 6.45) is 2.03. The summed E-state index contributed by atoms with van der Waals surface area (Å²) in [5, 5.41) is 4.66. The fourth-order valence-corrected chi connectivity index (χ4v) is 4.68. The molecule has 1 saturated heterocycles. The monoisotopic (exact) mass is 411 g/mol. The van der Waals surface area contributed by atoms with Crippen molar-refractivity contribution in [3.63, 3.8) is 0 Å². The number of aryl methyl sites for hydroxylation is 4. The molecule has 3 aromatic heterocycles. The fraction of sp³-hybridized carbons (Fsp3) is 0.308. The summed E-state index contributed by atoms with van der Waals surface area (Å²) in [5.74, 6) is 1.07. The third-order valence-corrected chi connectivity index (χ3v) is 6.28. The van der Waals surface area contributed by atoms with E-state index < -0.39 is 0 Å². The zero-order valence-electron chi connectivity index (χ0n) is 18.7. The van der Waals surface area contributed by atoms with E-state index >= 15 is 0 Å². The first kappa shape index (κ1) is 19.8. The Morgan fingerprint density at radius 2 is 1.61 bits per heavy atom. The molecule has 0 unspecified atom stereocenters. The first-order valence-corrected chi connectivity index (χ1v) is 11.0. The Kier molecular flexibility index (Phi) is 4.98. The predicted octanol–water partition coefficient (Wildman–Crippen LogP) is 4.94. The summed E-state index contributed by atoms with van der Waals surface area (Å²) in [5.41, 5.74) is 10.5. The lowest BCUT2D eigenvalue weighted by atomic mass is 10.0. The Bertz CT molecular complexity index is 1240. The largest absolute Gasteiger partial charge is 0.354 e. The van der Waals surface area contributed by atoms with E-state index in [0.717, 1.165) is 48.9 Å². The zero-order valence-corrected chi connectivity index (χ0v) is 18.7. The molecule has 1 aromatic carbocycles. The number of fused-ring (bicyclic) bond motifs is 1. The molecule has 0 spiro atoms. The maximum Gasteiger partial charge on any atom is 0.128 e. The van der Waals surface area contributed by atoms with Gasteiger partial charge >= 0.3 is 0 Å². The smallest absolute Gasteiger partial charge is 0.128 e. The van der Waals surface area contributed by atoms with Crippen molar-refractivity contribution in [3.8, 4) is 22.4 Å². The minimum absolute atomic E-state index is 1.01.